The van der Waals surface area contributed by atoms with Gasteiger partial charge in [-0.2, -0.15) is 5.21 Å². The second-order valence-corrected chi connectivity index (χ2v) is 13.6. The van der Waals surface area contributed by atoms with Crippen molar-refractivity contribution in [2.45, 2.75) is 81.3 Å². The molecule has 5 aliphatic carbocycles. The third kappa shape index (κ3) is 3.38. The lowest BCUT2D eigenvalue weighted by molar-refractivity contribution is -0.283. The molecule has 2 aromatic carbocycles. The van der Waals surface area contributed by atoms with Crippen molar-refractivity contribution in [3.8, 4) is 11.5 Å². The van der Waals surface area contributed by atoms with Crippen LogP contribution in [0, 0.1) is 17.3 Å². The zero-order valence-corrected chi connectivity index (χ0v) is 24.3. The quantitative estimate of drug-likeness (QED) is 0.388. The van der Waals surface area contributed by atoms with Crippen molar-refractivity contribution < 1.29 is 18.9 Å². The van der Waals surface area contributed by atoms with Crippen molar-refractivity contribution in [1.82, 2.24) is 25.5 Å². The van der Waals surface area contributed by atoms with Gasteiger partial charge in [0.2, 0.25) is 5.82 Å². The minimum Gasteiger partial charge on any atom is -0.482 e. The fraction of sp³-hybridized carbons (Fsp3) is 0.606. The SMILES string of the molecule is COC12CCC3(C[C@@H]1COCc1ccccc1)[C@H]1Cc4ccc(OCc5nn[nH]n5)c5c4C3(CCN1CC1CC1)[C@H]2O5. The normalized spacial score (nSPS) is 35.6. The average Bonchev–Trinajstić information content (AvgIpc) is 3.53. The number of aromatic amines is 1. The van der Waals surface area contributed by atoms with Gasteiger partial charge in [-0.15, -0.1) is 10.2 Å². The minimum atomic E-state index is -0.403. The Morgan fingerprint density at radius 3 is 2.79 bits per heavy atom. The number of piperidine rings is 1. The highest BCUT2D eigenvalue weighted by atomic mass is 16.6. The van der Waals surface area contributed by atoms with Crippen LogP contribution in [0.1, 0.15) is 61.0 Å². The summed E-state index contributed by atoms with van der Waals surface area (Å²) in [6.45, 7) is 3.92. The Balaban J connectivity index is 1.12. The van der Waals surface area contributed by atoms with E-state index < -0.39 is 5.60 Å². The van der Waals surface area contributed by atoms with Gasteiger partial charge < -0.3 is 18.9 Å². The monoisotopic (exact) mass is 569 g/mol. The zero-order chi connectivity index (χ0) is 27.9. The summed E-state index contributed by atoms with van der Waals surface area (Å²) in [6, 6.07) is 15.4. The van der Waals surface area contributed by atoms with Crippen LogP contribution in [0.4, 0.5) is 0 Å². The highest BCUT2D eigenvalue weighted by Crippen LogP contribution is 2.76. The Morgan fingerprint density at radius 1 is 1.07 bits per heavy atom. The van der Waals surface area contributed by atoms with Crippen LogP contribution in [-0.4, -0.2) is 70.1 Å². The lowest BCUT2D eigenvalue weighted by Crippen LogP contribution is -2.81. The van der Waals surface area contributed by atoms with Gasteiger partial charge in [0.1, 0.15) is 11.7 Å². The summed E-state index contributed by atoms with van der Waals surface area (Å²) in [4.78, 5) is 2.88. The Hall–Kier alpha value is -3.01. The van der Waals surface area contributed by atoms with Crippen LogP contribution in [0.25, 0.3) is 0 Å². The second kappa shape index (κ2) is 9.24. The topological polar surface area (TPSA) is 94.6 Å². The molecule has 0 amide bonds. The van der Waals surface area contributed by atoms with E-state index in [1.807, 2.05) is 7.11 Å². The maximum Gasteiger partial charge on any atom is 0.211 e. The number of benzene rings is 2. The molecule has 9 heteroatoms. The van der Waals surface area contributed by atoms with E-state index >= 15 is 0 Å². The molecule has 42 heavy (non-hydrogen) atoms. The molecule has 3 heterocycles. The number of aromatic nitrogens is 4. The van der Waals surface area contributed by atoms with E-state index in [1.54, 1.807) is 0 Å². The maximum absolute atomic E-state index is 7.24. The van der Waals surface area contributed by atoms with Crippen molar-refractivity contribution in [3.63, 3.8) is 0 Å². The number of nitrogens with zero attached hydrogens (tertiary/aromatic N) is 4. The lowest BCUT2D eigenvalue weighted by Gasteiger charge is -2.74. The van der Waals surface area contributed by atoms with Gasteiger partial charge in [-0.1, -0.05) is 41.6 Å². The summed E-state index contributed by atoms with van der Waals surface area (Å²) in [5, 5.41) is 14.4. The number of tetrazole rings is 1. The third-order valence-electron chi connectivity index (χ3n) is 12.0. The summed E-state index contributed by atoms with van der Waals surface area (Å²) < 4.78 is 26.8. The maximum atomic E-state index is 7.24. The summed E-state index contributed by atoms with van der Waals surface area (Å²) in [6.07, 6.45) is 8.20. The van der Waals surface area contributed by atoms with Crippen LogP contribution in [0.2, 0.25) is 0 Å². The van der Waals surface area contributed by atoms with E-state index in [0.717, 1.165) is 49.6 Å². The van der Waals surface area contributed by atoms with Crippen LogP contribution < -0.4 is 9.47 Å². The molecule has 10 rings (SSSR count). The number of nitrogens with one attached hydrogen (secondary N) is 1. The molecule has 9 nitrogen and oxygen atoms in total. The van der Waals surface area contributed by atoms with E-state index in [-0.39, 0.29) is 29.5 Å². The molecule has 1 N–H and O–H groups in total. The summed E-state index contributed by atoms with van der Waals surface area (Å²) >= 11 is 0. The van der Waals surface area contributed by atoms with E-state index in [2.05, 4.69) is 68.0 Å². The van der Waals surface area contributed by atoms with Gasteiger partial charge in [0, 0.05) is 42.0 Å². The highest BCUT2D eigenvalue weighted by molar-refractivity contribution is 5.63. The molecule has 6 atom stereocenters. The molecule has 5 fully saturated rings. The predicted molar refractivity (Wildman–Crippen MR) is 153 cm³/mol. The number of methoxy groups -OCH3 is 1. The molecule has 220 valence electrons. The lowest BCUT2D eigenvalue weighted by atomic mass is 9.35. The first-order chi connectivity index (χ1) is 20.7. The minimum absolute atomic E-state index is 0.0580. The molecule has 3 aromatic rings. The molecule has 2 aliphatic heterocycles. The van der Waals surface area contributed by atoms with Crippen LogP contribution in [0.15, 0.2) is 42.5 Å². The number of H-pyrrole nitrogens is 1. The average molecular weight is 570 g/mol. The van der Waals surface area contributed by atoms with Gasteiger partial charge in [0.15, 0.2) is 18.1 Å². The molecule has 0 radical (unpaired) electrons. The Bertz CT molecular complexity index is 1480. The number of rotatable bonds is 10. The van der Waals surface area contributed by atoms with E-state index in [1.165, 1.54) is 42.5 Å². The second-order valence-electron chi connectivity index (χ2n) is 13.6. The number of likely N-dealkylation sites (tertiary alicyclic amines) is 1. The Labute approximate surface area is 246 Å². The summed E-state index contributed by atoms with van der Waals surface area (Å²) in [5.74, 6) is 3.37. The van der Waals surface area contributed by atoms with Crippen LogP contribution >= 0.6 is 0 Å². The largest absolute Gasteiger partial charge is 0.482 e. The number of ether oxygens (including phenoxy) is 4. The van der Waals surface area contributed by atoms with Crippen molar-refractivity contribution in [2.75, 3.05) is 26.8 Å². The van der Waals surface area contributed by atoms with Crippen LogP contribution in [0.3, 0.4) is 0 Å². The third-order valence-corrected chi connectivity index (χ3v) is 12.0. The first-order valence-electron chi connectivity index (χ1n) is 15.8. The van der Waals surface area contributed by atoms with Gasteiger partial charge in [-0.3, -0.25) is 4.90 Å². The predicted octanol–water partition coefficient (Wildman–Crippen LogP) is 4.22. The van der Waals surface area contributed by atoms with Gasteiger partial charge in [0.25, 0.3) is 0 Å². The zero-order valence-electron chi connectivity index (χ0n) is 24.3. The summed E-state index contributed by atoms with van der Waals surface area (Å²) in [7, 11) is 1.91. The molecule has 1 aromatic heterocycles. The molecular formula is C33H39N5O4. The molecule has 3 unspecified atom stereocenters. The van der Waals surface area contributed by atoms with Gasteiger partial charge >= 0.3 is 0 Å². The van der Waals surface area contributed by atoms with Gasteiger partial charge in [0.05, 0.1) is 13.2 Å². The number of hydrogen-bond acceptors (Lipinski definition) is 8. The number of fused-ring (bicyclic) bond motifs is 2. The van der Waals surface area contributed by atoms with E-state index in [9.17, 15) is 0 Å². The molecule has 7 aliphatic rings. The fourth-order valence-corrected chi connectivity index (χ4v) is 10.1. The van der Waals surface area contributed by atoms with E-state index in [4.69, 9.17) is 18.9 Å². The highest BCUT2D eigenvalue weighted by Gasteiger charge is 2.80. The smallest absolute Gasteiger partial charge is 0.211 e. The Kier molecular flexibility index (Phi) is 5.61. The Morgan fingerprint density at radius 2 is 1.98 bits per heavy atom. The molecule has 4 saturated carbocycles. The fourth-order valence-electron chi connectivity index (χ4n) is 10.1. The first-order valence-corrected chi connectivity index (χ1v) is 15.8. The van der Waals surface area contributed by atoms with Crippen molar-refractivity contribution >= 4 is 0 Å². The van der Waals surface area contributed by atoms with E-state index in [0.29, 0.717) is 25.1 Å². The number of hydrogen-bond donors (Lipinski definition) is 1. The van der Waals surface area contributed by atoms with Crippen molar-refractivity contribution in [2.24, 2.45) is 17.3 Å². The summed E-state index contributed by atoms with van der Waals surface area (Å²) in [5.41, 5.74) is 3.71. The van der Waals surface area contributed by atoms with Crippen LogP contribution in [0.5, 0.6) is 11.5 Å². The molecule has 1 saturated heterocycles. The molecule has 4 bridgehead atoms. The van der Waals surface area contributed by atoms with Gasteiger partial charge in [-0.05, 0) is 74.6 Å². The molecule has 2 spiro atoms. The first kappa shape index (κ1) is 25.5. The van der Waals surface area contributed by atoms with Crippen molar-refractivity contribution in [1.29, 1.82) is 0 Å². The van der Waals surface area contributed by atoms with Crippen LogP contribution in [-0.2, 0) is 34.5 Å². The molecular weight excluding hydrogens is 530 g/mol. The van der Waals surface area contributed by atoms with Gasteiger partial charge in [-0.25, -0.2) is 0 Å². The van der Waals surface area contributed by atoms with Crippen molar-refractivity contribution in [3.05, 3.63) is 65.0 Å². The standard InChI is InChI=1S/C33H39N5O4/c1-39-33-12-11-31(16-24(33)19-40-18-22-5-3-2-4-6-22)26-15-23-9-10-25(41-20-27-34-36-37-35-27)29-28(23)32(31,30(33)42-29)13-14-38(26)17-21-7-8-21/h2-6,9-10,21,24,26,30H,7-8,11-20H2,1H3,(H,34,35,36,37)/t24-,26-,30-,31?,32?,33?/m1/s1.